The summed E-state index contributed by atoms with van der Waals surface area (Å²) in [5.74, 6) is 0. The quantitative estimate of drug-likeness (QED) is 0.162. The molecule has 8 aromatic rings. The van der Waals surface area contributed by atoms with Crippen LogP contribution in [0, 0.1) is 0 Å². The Labute approximate surface area is 257 Å². The number of hydrogen-bond donors (Lipinski definition) is 2. The fourth-order valence-electron chi connectivity index (χ4n) is 6.45. The molecule has 2 nitrogen and oxygen atoms in total. The van der Waals surface area contributed by atoms with Crippen molar-refractivity contribution < 1.29 is 0 Å². The lowest BCUT2D eigenvalue weighted by Gasteiger charge is -2.18. The largest absolute Gasteiger partial charge is 0.397 e. The average molecular weight is 563 g/mol. The summed E-state index contributed by atoms with van der Waals surface area (Å²) in [6, 6.07) is 58.3. The first-order valence-electron chi connectivity index (χ1n) is 15.0. The van der Waals surface area contributed by atoms with Gasteiger partial charge in [-0.1, -0.05) is 133 Å². The van der Waals surface area contributed by atoms with Gasteiger partial charge >= 0.3 is 0 Å². The Bertz CT molecular complexity index is 2240. The Hall–Kier alpha value is -5.86. The Morgan fingerprint density at radius 2 is 0.864 bits per heavy atom. The summed E-state index contributed by atoms with van der Waals surface area (Å²) in [6.07, 6.45) is 0. The summed E-state index contributed by atoms with van der Waals surface area (Å²) in [5.41, 5.74) is 16.2. The first-order valence-corrected chi connectivity index (χ1v) is 15.0. The highest BCUT2D eigenvalue weighted by Crippen LogP contribution is 2.44. The van der Waals surface area contributed by atoms with E-state index in [0.29, 0.717) is 0 Å². The van der Waals surface area contributed by atoms with Crippen LogP contribution in [0.1, 0.15) is 0 Å². The standard InChI is InChI=1S/C42H30N2/c43-39-25-24-32(27-40(39)44-34-12-2-1-3-13-34)29-18-21-30(22-19-29)41-35-14-6-8-16-37(35)42(38-17-9-7-15-36(38)41)33-23-20-28-10-4-5-11-31(28)26-33/h1-27,44H,43H2. The lowest BCUT2D eigenvalue weighted by Crippen LogP contribution is -1.96. The predicted octanol–water partition coefficient (Wildman–Crippen LogP) is 11.5. The van der Waals surface area contributed by atoms with Gasteiger partial charge in [0.15, 0.2) is 0 Å². The fourth-order valence-corrected chi connectivity index (χ4v) is 6.45. The molecule has 0 amide bonds. The number of hydrogen-bond acceptors (Lipinski definition) is 2. The molecule has 0 fully saturated rings. The van der Waals surface area contributed by atoms with E-state index in [4.69, 9.17) is 5.73 Å². The minimum absolute atomic E-state index is 0.721. The van der Waals surface area contributed by atoms with Gasteiger partial charge in [0.25, 0.3) is 0 Å². The number of rotatable bonds is 5. The summed E-state index contributed by atoms with van der Waals surface area (Å²) in [4.78, 5) is 0. The molecule has 0 saturated heterocycles. The summed E-state index contributed by atoms with van der Waals surface area (Å²) < 4.78 is 0. The van der Waals surface area contributed by atoms with Gasteiger partial charge in [-0.3, -0.25) is 0 Å². The SMILES string of the molecule is Nc1ccc(-c2ccc(-c3c4ccccc4c(-c4ccc5ccccc5c4)c4ccccc34)cc2)cc1Nc1ccccc1. The third kappa shape index (κ3) is 4.54. The number of nitrogen functional groups attached to an aromatic ring is 1. The van der Waals surface area contributed by atoms with Gasteiger partial charge in [0, 0.05) is 5.69 Å². The van der Waals surface area contributed by atoms with Crippen molar-refractivity contribution in [3.8, 4) is 33.4 Å². The third-order valence-corrected chi connectivity index (χ3v) is 8.58. The predicted molar refractivity (Wildman–Crippen MR) is 189 cm³/mol. The summed E-state index contributed by atoms with van der Waals surface area (Å²) in [5, 5.41) is 11.0. The Kier molecular flexibility index (Phi) is 6.31. The van der Waals surface area contributed by atoms with Crippen LogP contribution in [0.3, 0.4) is 0 Å². The highest BCUT2D eigenvalue weighted by molar-refractivity contribution is 6.21. The van der Waals surface area contributed by atoms with Crippen LogP contribution in [0.15, 0.2) is 164 Å². The molecule has 2 heteroatoms. The lowest BCUT2D eigenvalue weighted by molar-refractivity contribution is 1.53. The van der Waals surface area contributed by atoms with Gasteiger partial charge in [-0.15, -0.1) is 0 Å². The van der Waals surface area contributed by atoms with E-state index in [-0.39, 0.29) is 0 Å². The second kappa shape index (κ2) is 10.8. The van der Waals surface area contributed by atoms with E-state index < -0.39 is 0 Å². The average Bonchev–Trinajstić information content (AvgIpc) is 3.08. The molecule has 0 aliphatic carbocycles. The Morgan fingerprint density at radius 1 is 0.364 bits per heavy atom. The molecule has 8 aromatic carbocycles. The molecule has 3 N–H and O–H groups in total. The molecule has 0 unspecified atom stereocenters. The lowest BCUT2D eigenvalue weighted by atomic mass is 9.85. The monoisotopic (exact) mass is 562 g/mol. The van der Waals surface area contributed by atoms with Crippen molar-refractivity contribution in [1.82, 2.24) is 0 Å². The van der Waals surface area contributed by atoms with Crippen LogP contribution in [-0.2, 0) is 0 Å². The van der Waals surface area contributed by atoms with E-state index in [1.807, 2.05) is 36.4 Å². The maximum atomic E-state index is 6.34. The second-order valence-electron chi connectivity index (χ2n) is 11.3. The van der Waals surface area contributed by atoms with Gasteiger partial charge in [0.1, 0.15) is 0 Å². The van der Waals surface area contributed by atoms with Crippen molar-refractivity contribution in [3.63, 3.8) is 0 Å². The van der Waals surface area contributed by atoms with Gasteiger partial charge in [0.2, 0.25) is 0 Å². The number of anilines is 3. The summed E-state index contributed by atoms with van der Waals surface area (Å²) in [7, 11) is 0. The molecular formula is C42H30N2. The van der Waals surface area contributed by atoms with Crippen molar-refractivity contribution >= 4 is 49.4 Å². The minimum Gasteiger partial charge on any atom is -0.397 e. The van der Waals surface area contributed by atoms with Crippen molar-refractivity contribution in [2.45, 2.75) is 0 Å². The van der Waals surface area contributed by atoms with E-state index in [2.05, 4.69) is 133 Å². The van der Waals surface area contributed by atoms with Gasteiger partial charge in [-0.2, -0.15) is 0 Å². The van der Waals surface area contributed by atoms with Gasteiger partial charge in [0.05, 0.1) is 11.4 Å². The molecular weight excluding hydrogens is 532 g/mol. The van der Waals surface area contributed by atoms with Crippen LogP contribution >= 0.6 is 0 Å². The molecule has 0 spiro atoms. The first kappa shape index (κ1) is 25.8. The maximum Gasteiger partial charge on any atom is 0.0624 e. The summed E-state index contributed by atoms with van der Waals surface area (Å²) in [6.45, 7) is 0. The molecule has 0 atom stereocenters. The number of benzene rings is 8. The van der Waals surface area contributed by atoms with Crippen LogP contribution < -0.4 is 11.1 Å². The van der Waals surface area contributed by atoms with Crippen LogP contribution in [-0.4, -0.2) is 0 Å². The van der Waals surface area contributed by atoms with Crippen LogP contribution in [0.2, 0.25) is 0 Å². The zero-order valence-corrected chi connectivity index (χ0v) is 24.2. The topological polar surface area (TPSA) is 38.0 Å². The molecule has 0 aliphatic rings. The van der Waals surface area contributed by atoms with Crippen molar-refractivity contribution in [2.75, 3.05) is 11.1 Å². The minimum atomic E-state index is 0.721. The number of para-hydroxylation sites is 1. The van der Waals surface area contributed by atoms with E-state index in [0.717, 1.165) is 28.2 Å². The molecule has 0 heterocycles. The van der Waals surface area contributed by atoms with E-state index >= 15 is 0 Å². The highest BCUT2D eigenvalue weighted by atomic mass is 14.9. The van der Waals surface area contributed by atoms with Crippen molar-refractivity contribution in [3.05, 3.63) is 164 Å². The number of nitrogens with one attached hydrogen (secondary N) is 1. The van der Waals surface area contributed by atoms with Crippen molar-refractivity contribution in [1.29, 1.82) is 0 Å². The Balaban J connectivity index is 1.25. The highest BCUT2D eigenvalue weighted by Gasteiger charge is 2.17. The van der Waals surface area contributed by atoms with Crippen LogP contribution in [0.5, 0.6) is 0 Å². The van der Waals surface area contributed by atoms with E-state index in [1.54, 1.807) is 0 Å². The molecule has 0 aliphatic heterocycles. The second-order valence-corrected chi connectivity index (χ2v) is 11.3. The smallest absolute Gasteiger partial charge is 0.0624 e. The normalized spacial score (nSPS) is 11.3. The molecule has 0 saturated carbocycles. The molecule has 0 bridgehead atoms. The van der Waals surface area contributed by atoms with Crippen LogP contribution in [0.25, 0.3) is 65.7 Å². The Morgan fingerprint density at radius 3 is 1.52 bits per heavy atom. The van der Waals surface area contributed by atoms with E-state index in [9.17, 15) is 0 Å². The fraction of sp³-hybridized carbons (Fsp3) is 0. The third-order valence-electron chi connectivity index (χ3n) is 8.58. The molecule has 0 radical (unpaired) electrons. The van der Waals surface area contributed by atoms with Gasteiger partial charge in [-0.25, -0.2) is 0 Å². The molecule has 0 aromatic heterocycles. The van der Waals surface area contributed by atoms with Crippen LogP contribution in [0.4, 0.5) is 17.1 Å². The maximum absolute atomic E-state index is 6.34. The van der Waals surface area contributed by atoms with E-state index in [1.165, 1.54) is 54.6 Å². The molecule has 44 heavy (non-hydrogen) atoms. The van der Waals surface area contributed by atoms with Crippen molar-refractivity contribution in [2.24, 2.45) is 0 Å². The zero-order chi connectivity index (χ0) is 29.5. The van der Waals surface area contributed by atoms with Gasteiger partial charge in [-0.05, 0) is 96.0 Å². The number of fused-ring (bicyclic) bond motifs is 3. The zero-order valence-electron chi connectivity index (χ0n) is 24.2. The van der Waals surface area contributed by atoms with Gasteiger partial charge < -0.3 is 11.1 Å². The molecule has 8 rings (SSSR count). The molecule has 208 valence electrons. The number of nitrogens with two attached hydrogens (primary N) is 1. The summed E-state index contributed by atoms with van der Waals surface area (Å²) >= 11 is 0. The first-order chi connectivity index (χ1) is 21.7.